The Balaban J connectivity index is 1.37. The molecule has 0 heterocycles. The molecule has 0 amide bonds. The minimum atomic E-state index is -4.65. The van der Waals surface area contributed by atoms with Crippen LogP contribution in [0.1, 0.15) is 15.9 Å². The smallest absolute Gasteiger partial charge is 0.426 e. The lowest BCUT2D eigenvalue weighted by molar-refractivity contribution is 0.103. The van der Waals surface area contributed by atoms with E-state index in [1.165, 1.54) is 109 Å². The Hall–Kier alpha value is -6.55. The van der Waals surface area contributed by atoms with Crippen molar-refractivity contribution in [1.82, 2.24) is 0 Å². The molecule has 48 heavy (non-hydrogen) atoms. The molecule has 0 aromatic heterocycles. The summed E-state index contributed by atoms with van der Waals surface area (Å²) in [5.74, 6) is -2.50. The van der Waals surface area contributed by atoms with Crippen LogP contribution in [0.3, 0.4) is 0 Å². The van der Waals surface area contributed by atoms with Crippen LogP contribution < -0.4 is 8.37 Å². The lowest BCUT2D eigenvalue weighted by Gasteiger charge is -2.15. The van der Waals surface area contributed by atoms with Crippen molar-refractivity contribution in [2.45, 2.75) is 9.79 Å². The molecule has 0 saturated heterocycles. The van der Waals surface area contributed by atoms with Crippen molar-refractivity contribution in [3.8, 4) is 23.0 Å². The Morgan fingerprint density at radius 3 is 1.31 bits per heavy atom. The van der Waals surface area contributed by atoms with E-state index in [0.29, 0.717) is 0 Å². The Kier molecular flexibility index (Phi) is 7.85. The first-order chi connectivity index (χ1) is 23.0. The number of hydrogen-bond acceptors (Lipinski definition) is 11. The van der Waals surface area contributed by atoms with Gasteiger partial charge < -0.3 is 18.6 Å². The molecule has 0 aliphatic carbocycles. The van der Waals surface area contributed by atoms with Gasteiger partial charge in [0.1, 0.15) is 9.79 Å². The second kappa shape index (κ2) is 12.0. The number of benzene rings is 6. The van der Waals surface area contributed by atoms with Crippen molar-refractivity contribution in [2.75, 3.05) is 0 Å². The predicted molar refractivity (Wildman–Crippen MR) is 173 cm³/mol. The Labute approximate surface area is 272 Å². The zero-order valence-electron chi connectivity index (χ0n) is 24.2. The molecule has 0 bridgehead atoms. The van der Waals surface area contributed by atoms with Crippen molar-refractivity contribution < 1.29 is 40.2 Å². The van der Waals surface area contributed by atoms with E-state index in [2.05, 4.69) is 9.95 Å². The molecule has 0 aliphatic rings. The number of diazo groups is 2. The van der Waals surface area contributed by atoms with Crippen LogP contribution in [0.15, 0.2) is 119 Å². The summed E-state index contributed by atoms with van der Waals surface area (Å²) in [5.41, 5.74) is -0.840. The van der Waals surface area contributed by atoms with E-state index < -0.39 is 37.5 Å². The third kappa shape index (κ3) is 5.45. The summed E-state index contributed by atoms with van der Waals surface area (Å²) in [6, 6.07) is 23.9. The molecule has 0 spiro atoms. The number of aromatic hydroxyl groups is 2. The highest BCUT2D eigenvalue weighted by atomic mass is 32.2. The van der Waals surface area contributed by atoms with Gasteiger partial charge in [-0.1, -0.05) is 48.5 Å². The van der Waals surface area contributed by atoms with E-state index in [-0.39, 0.29) is 65.3 Å². The molecule has 0 radical (unpaired) electrons. The van der Waals surface area contributed by atoms with Gasteiger partial charge in [0.25, 0.3) is 0 Å². The maximum atomic E-state index is 13.9. The number of phenolic OH excluding ortho intramolecular Hbond substituents is 2. The van der Waals surface area contributed by atoms with Gasteiger partial charge in [-0.3, -0.25) is 4.79 Å². The van der Waals surface area contributed by atoms with Crippen LogP contribution in [0.25, 0.3) is 31.5 Å². The summed E-state index contributed by atoms with van der Waals surface area (Å²) >= 11 is 0. The fourth-order valence-electron chi connectivity index (χ4n) is 5.13. The molecule has 0 atom stereocenters. The third-order valence-corrected chi connectivity index (χ3v) is 9.95. The van der Waals surface area contributed by atoms with E-state index in [1.54, 1.807) is 0 Å². The number of nitrogens with zero attached hydrogens (tertiary/aromatic N) is 4. The number of ketones is 1. The van der Waals surface area contributed by atoms with Crippen LogP contribution in [0.5, 0.6) is 23.0 Å². The molecule has 15 heteroatoms. The van der Waals surface area contributed by atoms with E-state index in [0.717, 1.165) is 0 Å². The maximum absolute atomic E-state index is 13.9. The van der Waals surface area contributed by atoms with Gasteiger partial charge in [0.05, 0.1) is 11.1 Å². The van der Waals surface area contributed by atoms with Crippen molar-refractivity contribution in [3.63, 3.8) is 0 Å². The van der Waals surface area contributed by atoms with E-state index >= 15 is 0 Å². The van der Waals surface area contributed by atoms with Gasteiger partial charge in [-0.2, -0.15) is 16.8 Å². The number of carbonyl (C=O) groups excluding carboxylic acids is 1. The fraction of sp³-hybridized carbons (Fsp3) is 0. The van der Waals surface area contributed by atoms with Gasteiger partial charge in [0.15, 0.2) is 21.5 Å². The van der Waals surface area contributed by atoms with Gasteiger partial charge in [-0.15, -0.1) is 0 Å². The minimum Gasteiger partial charge on any atom is -0.501 e. The molecule has 6 aromatic rings. The first-order valence-electron chi connectivity index (χ1n) is 13.8. The van der Waals surface area contributed by atoms with Crippen molar-refractivity contribution >= 4 is 58.9 Å². The number of phenols is 2. The summed E-state index contributed by atoms with van der Waals surface area (Å²) < 4.78 is 65.1. The summed E-state index contributed by atoms with van der Waals surface area (Å²) in [6.45, 7) is 0. The summed E-state index contributed by atoms with van der Waals surface area (Å²) in [7, 11) is -9.29. The third-order valence-electron chi connectivity index (χ3n) is 7.36. The largest absolute Gasteiger partial charge is 0.501 e. The highest BCUT2D eigenvalue weighted by molar-refractivity contribution is 7.87. The number of carbonyl (C=O) groups is 1. The molecule has 13 nitrogen and oxygen atoms in total. The topological polar surface area (TPSA) is 201 Å². The van der Waals surface area contributed by atoms with Gasteiger partial charge >= 0.3 is 31.6 Å². The quantitative estimate of drug-likeness (QED) is 0.0940. The number of fused-ring (bicyclic) bond motifs is 2. The number of rotatable bonds is 8. The SMILES string of the molecule is N#[N+]c1ccc2c(S(=O)(=O)Oc3ccccc3C(=O)c3ccccc3OS(=O)(=O)c3cccc4c(O)c([N+]#N)ccc34)cccc2c1O. The monoisotopic (exact) mass is 680 g/mol. The zero-order chi connectivity index (χ0) is 34.2. The Morgan fingerprint density at radius 1 is 0.521 bits per heavy atom. The van der Waals surface area contributed by atoms with Crippen LogP contribution in [0.2, 0.25) is 0 Å². The van der Waals surface area contributed by atoms with E-state index in [4.69, 9.17) is 19.2 Å². The van der Waals surface area contributed by atoms with Crippen molar-refractivity contribution in [2.24, 2.45) is 0 Å². The summed E-state index contributed by atoms with van der Waals surface area (Å²) in [6.07, 6.45) is 0. The lowest BCUT2D eigenvalue weighted by atomic mass is 10.0. The molecular formula is C33H20N4O9S2+2. The van der Waals surface area contributed by atoms with Gasteiger partial charge in [-0.05, 0) is 48.5 Å². The average molecular weight is 681 g/mol. The molecule has 6 rings (SSSR count). The molecule has 236 valence electrons. The molecule has 0 aliphatic heterocycles. The first-order valence-corrected chi connectivity index (χ1v) is 16.6. The average Bonchev–Trinajstić information content (AvgIpc) is 3.08. The van der Waals surface area contributed by atoms with Crippen LogP contribution in [0.4, 0.5) is 11.4 Å². The van der Waals surface area contributed by atoms with Crippen LogP contribution >= 0.6 is 0 Å². The molecule has 0 fully saturated rings. The van der Waals surface area contributed by atoms with Crippen LogP contribution in [-0.4, -0.2) is 32.8 Å². The second-order valence-electron chi connectivity index (χ2n) is 10.2. The second-order valence-corrected chi connectivity index (χ2v) is 13.2. The highest BCUT2D eigenvalue weighted by Crippen LogP contribution is 2.40. The van der Waals surface area contributed by atoms with Gasteiger partial charge in [0, 0.05) is 33.7 Å². The van der Waals surface area contributed by atoms with E-state index in [1.807, 2.05) is 0 Å². The molecular weight excluding hydrogens is 661 g/mol. The van der Waals surface area contributed by atoms with Gasteiger partial charge in [-0.25, -0.2) is 0 Å². The standard InChI is InChI=1S/C33H18N4O9S2/c34-36-25-17-15-19-21(32(25)39)9-5-13-29(19)47(41,42)45-27-11-3-1-7-23(27)31(38)24-8-2-4-12-28(24)46-48(43,44)30-14-6-10-22-20(30)16-18-26(37-35)33(22)40/h1-18H/p+2. The summed E-state index contributed by atoms with van der Waals surface area (Å²) in [4.78, 5) is 19.1. The molecule has 0 unspecified atom stereocenters. The van der Waals surface area contributed by atoms with Crippen LogP contribution in [-0.2, 0) is 20.2 Å². The van der Waals surface area contributed by atoms with Crippen LogP contribution in [0, 0.1) is 10.8 Å². The first kappa shape index (κ1) is 31.4. The number of para-hydroxylation sites is 2. The number of hydrogen-bond donors (Lipinski definition) is 2. The zero-order valence-corrected chi connectivity index (χ0v) is 25.9. The molecule has 2 N–H and O–H groups in total. The van der Waals surface area contributed by atoms with Crippen molar-refractivity contribution in [1.29, 1.82) is 10.8 Å². The van der Waals surface area contributed by atoms with Crippen molar-refractivity contribution in [3.05, 3.63) is 130 Å². The normalized spacial score (nSPS) is 11.5. The highest BCUT2D eigenvalue weighted by Gasteiger charge is 2.29. The summed E-state index contributed by atoms with van der Waals surface area (Å²) in [5, 5.41) is 39.3. The molecule has 0 saturated carbocycles. The minimum absolute atomic E-state index is 0.0545. The maximum Gasteiger partial charge on any atom is 0.426 e. The fourth-order valence-corrected chi connectivity index (χ4v) is 7.45. The molecule has 6 aromatic carbocycles. The Bertz CT molecular complexity index is 2450. The predicted octanol–water partition coefficient (Wildman–Crippen LogP) is 7.14. The Morgan fingerprint density at radius 2 is 0.917 bits per heavy atom. The van der Waals surface area contributed by atoms with Gasteiger partial charge in [0.2, 0.25) is 28.1 Å². The lowest BCUT2D eigenvalue weighted by Crippen LogP contribution is -2.15. The van der Waals surface area contributed by atoms with E-state index in [9.17, 15) is 31.8 Å².